The summed E-state index contributed by atoms with van der Waals surface area (Å²) in [6.07, 6.45) is 2.41. The van der Waals surface area contributed by atoms with E-state index in [-0.39, 0.29) is 24.9 Å². The minimum atomic E-state index is -0.501. The number of amides is 4. The number of aromatic amines is 1. The predicted molar refractivity (Wildman–Crippen MR) is 62.8 cm³/mol. The molecule has 19 heavy (non-hydrogen) atoms. The molecule has 0 radical (unpaired) electrons. The highest BCUT2D eigenvalue weighted by atomic mass is 16.2. The van der Waals surface area contributed by atoms with Gasteiger partial charge in [0.05, 0.1) is 12.7 Å². The molecule has 0 aliphatic carbocycles. The summed E-state index contributed by atoms with van der Waals surface area (Å²) in [7, 11) is 0. The first-order chi connectivity index (χ1) is 9.15. The second kappa shape index (κ2) is 4.38. The van der Waals surface area contributed by atoms with E-state index in [1.165, 1.54) is 0 Å². The van der Waals surface area contributed by atoms with Crippen LogP contribution in [-0.2, 0) is 22.6 Å². The summed E-state index contributed by atoms with van der Waals surface area (Å²) in [6.45, 7) is 0.807. The first-order valence-electron chi connectivity index (χ1n) is 6.02. The Hall–Kier alpha value is -2.38. The molecule has 1 aromatic rings. The molecule has 4 amide bonds. The molecule has 0 unspecified atom stereocenters. The van der Waals surface area contributed by atoms with Gasteiger partial charge in [-0.3, -0.25) is 19.6 Å². The number of hydrogen-bond acceptors (Lipinski definition) is 4. The molecule has 1 saturated heterocycles. The molecule has 3 heterocycles. The minimum Gasteiger partial charge on any atom is -0.336 e. The molecule has 0 atom stereocenters. The van der Waals surface area contributed by atoms with Crippen molar-refractivity contribution < 1.29 is 14.4 Å². The molecular formula is C11H13N5O3. The van der Waals surface area contributed by atoms with Crippen LogP contribution in [0.4, 0.5) is 4.79 Å². The van der Waals surface area contributed by atoms with Crippen LogP contribution in [0, 0.1) is 0 Å². The minimum absolute atomic E-state index is 0.0298. The van der Waals surface area contributed by atoms with Crippen LogP contribution < -0.4 is 5.32 Å². The van der Waals surface area contributed by atoms with Gasteiger partial charge in [0.1, 0.15) is 6.54 Å². The number of carbonyl (C=O) groups excluding carboxylic acids is 3. The van der Waals surface area contributed by atoms with Crippen molar-refractivity contribution in [3.63, 3.8) is 0 Å². The van der Waals surface area contributed by atoms with Gasteiger partial charge in [-0.1, -0.05) is 0 Å². The van der Waals surface area contributed by atoms with Crippen LogP contribution in [0.5, 0.6) is 0 Å². The number of nitrogens with one attached hydrogen (secondary N) is 2. The number of aromatic nitrogens is 2. The molecular weight excluding hydrogens is 250 g/mol. The molecule has 2 aliphatic rings. The van der Waals surface area contributed by atoms with Crippen molar-refractivity contribution in [1.29, 1.82) is 0 Å². The molecule has 3 rings (SSSR count). The topological polar surface area (TPSA) is 98.4 Å². The number of hydrogen-bond donors (Lipinski definition) is 2. The number of fused-ring (bicyclic) bond motifs is 1. The first-order valence-corrected chi connectivity index (χ1v) is 6.02. The summed E-state index contributed by atoms with van der Waals surface area (Å²) >= 11 is 0. The van der Waals surface area contributed by atoms with Gasteiger partial charge in [-0.15, -0.1) is 0 Å². The average Bonchev–Trinajstić information content (AvgIpc) is 2.99. The number of urea groups is 1. The smallest absolute Gasteiger partial charge is 0.325 e. The number of imide groups is 1. The second-order valence-corrected chi connectivity index (χ2v) is 4.58. The fourth-order valence-electron chi connectivity index (χ4n) is 2.29. The highest BCUT2D eigenvalue weighted by Gasteiger charge is 2.32. The normalized spacial score (nSPS) is 18.5. The number of H-pyrrole nitrogens is 1. The van der Waals surface area contributed by atoms with Crippen LogP contribution >= 0.6 is 0 Å². The number of nitrogens with zero attached hydrogens (tertiary/aromatic N) is 3. The van der Waals surface area contributed by atoms with Gasteiger partial charge in [-0.25, -0.2) is 4.79 Å². The standard InChI is InChI=1S/C11H13N5O3/c17-9-4-12-11(19)16(9)6-10(18)15-2-1-8-7(5-15)3-13-14-8/h3H,1-2,4-6H2,(H,12,19)(H,13,14). The van der Waals surface area contributed by atoms with Crippen LogP contribution in [-0.4, -0.2) is 57.5 Å². The van der Waals surface area contributed by atoms with Crippen molar-refractivity contribution >= 4 is 17.8 Å². The maximum absolute atomic E-state index is 12.1. The summed E-state index contributed by atoms with van der Waals surface area (Å²) in [4.78, 5) is 37.5. The lowest BCUT2D eigenvalue weighted by Crippen LogP contribution is -2.44. The lowest BCUT2D eigenvalue weighted by Gasteiger charge is -2.27. The molecule has 1 fully saturated rings. The molecule has 0 saturated carbocycles. The van der Waals surface area contributed by atoms with Crippen molar-refractivity contribution in [2.24, 2.45) is 0 Å². The van der Waals surface area contributed by atoms with Crippen LogP contribution in [0.15, 0.2) is 6.20 Å². The van der Waals surface area contributed by atoms with Gasteiger partial charge in [-0.2, -0.15) is 5.10 Å². The van der Waals surface area contributed by atoms with Crippen molar-refractivity contribution in [2.75, 3.05) is 19.6 Å². The van der Waals surface area contributed by atoms with Gasteiger partial charge in [-0.05, 0) is 0 Å². The summed E-state index contributed by atoms with van der Waals surface area (Å²) in [5, 5.41) is 9.21. The van der Waals surface area contributed by atoms with E-state index in [4.69, 9.17) is 0 Å². The molecule has 8 heteroatoms. The monoisotopic (exact) mass is 263 g/mol. The van der Waals surface area contributed by atoms with E-state index in [9.17, 15) is 14.4 Å². The van der Waals surface area contributed by atoms with E-state index in [2.05, 4.69) is 15.5 Å². The van der Waals surface area contributed by atoms with Crippen LogP contribution in [0.1, 0.15) is 11.3 Å². The van der Waals surface area contributed by atoms with Crippen molar-refractivity contribution in [3.05, 3.63) is 17.5 Å². The Kier molecular flexibility index (Phi) is 2.69. The quantitative estimate of drug-likeness (QED) is 0.658. The average molecular weight is 263 g/mol. The highest BCUT2D eigenvalue weighted by molar-refractivity contribution is 6.04. The Labute approximate surface area is 108 Å². The Morgan fingerprint density at radius 2 is 2.26 bits per heavy atom. The van der Waals surface area contributed by atoms with E-state index in [0.717, 1.165) is 16.2 Å². The first kappa shape index (κ1) is 11.7. The van der Waals surface area contributed by atoms with Crippen LogP contribution in [0.25, 0.3) is 0 Å². The van der Waals surface area contributed by atoms with Crippen molar-refractivity contribution in [1.82, 2.24) is 25.3 Å². The van der Waals surface area contributed by atoms with Gasteiger partial charge in [0, 0.05) is 30.8 Å². The Morgan fingerprint density at radius 3 is 3.00 bits per heavy atom. The molecule has 1 aromatic heterocycles. The van der Waals surface area contributed by atoms with Crippen LogP contribution in [0.3, 0.4) is 0 Å². The van der Waals surface area contributed by atoms with Gasteiger partial charge in [0.15, 0.2) is 0 Å². The summed E-state index contributed by atoms with van der Waals surface area (Å²) < 4.78 is 0. The second-order valence-electron chi connectivity index (χ2n) is 4.58. The zero-order chi connectivity index (χ0) is 13.4. The third kappa shape index (κ3) is 2.05. The van der Waals surface area contributed by atoms with Gasteiger partial charge >= 0.3 is 6.03 Å². The van der Waals surface area contributed by atoms with Crippen molar-refractivity contribution in [3.8, 4) is 0 Å². The zero-order valence-electron chi connectivity index (χ0n) is 10.2. The van der Waals surface area contributed by atoms with Gasteiger partial charge in [0.2, 0.25) is 5.91 Å². The molecule has 8 nitrogen and oxygen atoms in total. The summed E-state index contributed by atoms with van der Waals surface area (Å²) in [5.74, 6) is -0.586. The van der Waals surface area contributed by atoms with E-state index in [1.54, 1.807) is 11.1 Å². The molecule has 2 N–H and O–H groups in total. The molecule has 100 valence electrons. The lowest BCUT2D eigenvalue weighted by molar-refractivity contribution is -0.137. The molecule has 0 spiro atoms. The van der Waals surface area contributed by atoms with E-state index < -0.39 is 6.03 Å². The summed E-state index contributed by atoms with van der Waals surface area (Å²) in [5.41, 5.74) is 2.02. The lowest BCUT2D eigenvalue weighted by atomic mass is 10.1. The van der Waals surface area contributed by atoms with E-state index >= 15 is 0 Å². The largest absolute Gasteiger partial charge is 0.336 e. The highest BCUT2D eigenvalue weighted by Crippen LogP contribution is 2.16. The number of rotatable bonds is 2. The SMILES string of the molecule is O=C(CN1C(=O)CNC1=O)N1CCc2[nH]ncc2C1. The van der Waals surface area contributed by atoms with E-state index in [0.29, 0.717) is 19.5 Å². The molecule has 0 aromatic carbocycles. The zero-order valence-corrected chi connectivity index (χ0v) is 10.2. The van der Waals surface area contributed by atoms with Gasteiger partial charge in [0.25, 0.3) is 5.91 Å². The van der Waals surface area contributed by atoms with Crippen LogP contribution in [0.2, 0.25) is 0 Å². The summed E-state index contributed by atoms with van der Waals surface area (Å²) in [6, 6.07) is -0.501. The third-order valence-electron chi connectivity index (χ3n) is 3.38. The Morgan fingerprint density at radius 1 is 1.42 bits per heavy atom. The molecule has 0 bridgehead atoms. The van der Waals surface area contributed by atoms with Gasteiger partial charge < -0.3 is 10.2 Å². The fraction of sp³-hybridized carbons (Fsp3) is 0.455. The fourth-order valence-corrected chi connectivity index (χ4v) is 2.29. The van der Waals surface area contributed by atoms with E-state index in [1.807, 2.05) is 0 Å². The third-order valence-corrected chi connectivity index (χ3v) is 3.38. The maximum atomic E-state index is 12.1. The number of carbonyl (C=O) groups is 3. The Bertz CT molecular complexity index is 536. The molecule has 2 aliphatic heterocycles. The van der Waals surface area contributed by atoms with Crippen molar-refractivity contribution in [2.45, 2.75) is 13.0 Å². The maximum Gasteiger partial charge on any atom is 0.325 e. The Balaban J connectivity index is 1.66. The predicted octanol–water partition coefficient (Wildman–Crippen LogP) is -1.15.